The van der Waals surface area contributed by atoms with Crippen molar-refractivity contribution < 1.29 is 4.79 Å². The Bertz CT molecular complexity index is 430. The molecule has 26 heavy (non-hydrogen) atoms. The zero-order chi connectivity index (χ0) is 19.4. The van der Waals surface area contributed by atoms with Crippen LogP contribution in [0.25, 0.3) is 0 Å². The minimum atomic E-state index is 0.298. The van der Waals surface area contributed by atoms with E-state index in [1.165, 1.54) is 38.6 Å². The van der Waals surface area contributed by atoms with E-state index >= 15 is 0 Å². The Hall–Kier alpha value is -0.570. The minimum Gasteiger partial charge on any atom is -0.340 e. The van der Waals surface area contributed by atoms with E-state index in [9.17, 15) is 4.79 Å². The van der Waals surface area contributed by atoms with Gasteiger partial charge >= 0.3 is 0 Å². The van der Waals surface area contributed by atoms with Gasteiger partial charge < -0.3 is 4.90 Å². The summed E-state index contributed by atoms with van der Waals surface area (Å²) in [7, 11) is 0. The van der Waals surface area contributed by atoms with Gasteiger partial charge in [0.15, 0.2) is 0 Å². The second-order valence-corrected chi connectivity index (χ2v) is 11.1. The molecule has 0 unspecified atom stereocenters. The summed E-state index contributed by atoms with van der Waals surface area (Å²) < 4.78 is 0. The van der Waals surface area contributed by atoms with Crippen LogP contribution < -0.4 is 0 Å². The summed E-state index contributed by atoms with van der Waals surface area (Å²) in [4.78, 5) is 17.6. The van der Waals surface area contributed by atoms with Crippen molar-refractivity contribution in [3.63, 3.8) is 0 Å². The molecular weight excluding hydrogens is 320 g/mol. The molecule has 1 saturated heterocycles. The van der Waals surface area contributed by atoms with Crippen molar-refractivity contribution in [1.29, 1.82) is 0 Å². The number of carbonyl (C=O) groups excluding carboxylic acids is 1. The Morgan fingerprint density at radius 2 is 1.42 bits per heavy atom. The van der Waals surface area contributed by atoms with E-state index in [0.717, 1.165) is 44.9 Å². The van der Waals surface area contributed by atoms with Crippen molar-refractivity contribution in [2.24, 2.45) is 22.7 Å². The van der Waals surface area contributed by atoms with Crippen LogP contribution >= 0.6 is 0 Å². The number of hydrogen-bond donors (Lipinski definition) is 0. The topological polar surface area (TPSA) is 23.6 Å². The summed E-state index contributed by atoms with van der Waals surface area (Å²) in [6, 6.07) is 0. The summed E-state index contributed by atoms with van der Waals surface area (Å²) in [5.41, 5.74) is 0.851. The molecule has 0 aromatic carbocycles. The first-order chi connectivity index (χ1) is 12.1. The van der Waals surface area contributed by atoms with Crippen LogP contribution in [0.2, 0.25) is 0 Å². The first kappa shape index (κ1) is 21.7. The lowest BCUT2D eigenvalue weighted by molar-refractivity contribution is -0.139. The maximum Gasteiger partial charge on any atom is 0.225 e. The monoisotopic (exact) mass is 364 g/mol. The average Bonchev–Trinajstić information content (AvgIpc) is 2.57. The fourth-order valence-corrected chi connectivity index (χ4v) is 4.65. The predicted molar refractivity (Wildman–Crippen MR) is 111 cm³/mol. The van der Waals surface area contributed by atoms with E-state index in [4.69, 9.17) is 0 Å². The van der Waals surface area contributed by atoms with Crippen LogP contribution in [0.15, 0.2) is 0 Å². The van der Waals surface area contributed by atoms with Crippen LogP contribution in [-0.2, 0) is 4.79 Å². The van der Waals surface area contributed by atoms with Crippen molar-refractivity contribution in [2.75, 3.05) is 32.7 Å². The highest BCUT2D eigenvalue weighted by Crippen LogP contribution is 2.40. The van der Waals surface area contributed by atoms with Crippen LogP contribution in [0.4, 0.5) is 0 Å². The van der Waals surface area contributed by atoms with Crippen molar-refractivity contribution in [3.05, 3.63) is 0 Å². The molecule has 1 saturated carbocycles. The van der Waals surface area contributed by atoms with Gasteiger partial charge in [-0.05, 0) is 61.8 Å². The van der Waals surface area contributed by atoms with Gasteiger partial charge in [-0.15, -0.1) is 0 Å². The van der Waals surface area contributed by atoms with Crippen LogP contribution in [0, 0.1) is 22.7 Å². The van der Waals surface area contributed by atoms with Crippen LogP contribution in [0.5, 0.6) is 0 Å². The molecule has 3 heteroatoms. The summed E-state index contributed by atoms with van der Waals surface area (Å²) >= 11 is 0. The highest BCUT2D eigenvalue weighted by Gasteiger charge is 2.34. The zero-order valence-corrected chi connectivity index (χ0v) is 18.4. The lowest BCUT2D eigenvalue weighted by Crippen LogP contribution is -2.50. The smallest absolute Gasteiger partial charge is 0.225 e. The number of piperazine rings is 1. The van der Waals surface area contributed by atoms with Crippen molar-refractivity contribution in [3.8, 4) is 0 Å². The molecule has 0 bridgehead atoms. The quantitative estimate of drug-likeness (QED) is 0.626. The Morgan fingerprint density at radius 3 is 1.92 bits per heavy atom. The van der Waals surface area contributed by atoms with Crippen LogP contribution in [0.1, 0.15) is 86.5 Å². The van der Waals surface area contributed by atoms with E-state index in [2.05, 4.69) is 51.3 Å². The molecule has 2 aliphatic rings. The van der Waals surface area contributed by atoms with Gasteiger partial charge in [0, 0.05) is 32.1 Å². The molecule has 1 aliphatic carbocycles. The number of hydrogen-bond acceptors (Lipinski definition) is 2. The highest BCUT2D eigenvalue weighted by atomic mass is 16.2. The van der Waals surface area contributed by atoms with E-state index < -0.39 is 0 Å². The number of unbranched alkanes of at least 4 members (excludes halogenated alkanes) is 1. The molecular formula is C23H44N2O. The van der Waals surface area contributed by atoms with Gasteiger partial charge in [0.1, 0.15) is 0 Å². The van der Waals surface area contributed by atoms with Crippen LogP contribution in [-0.4, -0.2) is 48.4 Å². The molecule has 0 atom stereocenters. The van der Waals surface area contributed by atoms with Gasteiger partial charge in [0.2, 0.25) is 5.91 Å². The van der Waals surface area contributed by atoms with E-state index in [1.54, 1.807) is 0 Å². The minimum absolute atomic E-state index is 0.298. The number of amides is 1. The van der Waals surface area contributed by atoms with E-state index in [-0.39, 0.29) is 0 Å². The molecule has 0 radical (unpaired) electrons. The lowest BCUT2D eigenvalue weighted by atomic mass is 9.69. The largest absolute Gasteiger partial charge is 0.340 e. The number of rotatable bonds is 5. The molecule has 3 nitrogen and oxygen atoms in total. The summed E-state index contributed by atoms with van der Waals surface area (Å²) in [6.07, 6.45) is 8.59. The van der Waals surface area contributed by atoms with Crippen molar-refractivity contribution in [2.45, 2.75) is 86.5 Å². The maximum atomic E-state index is 12.9. The second kappa shape index (κ2) is 9.08. The Labute approximate surface area is 162 Å². The molecule has 0 aromatic heterocycles. The van der Waals surface area contributed by atoms with Gasteiger partial charge in [0.05, 0.1) is 0 Å². The second-order valence-electron chi connectivity index (χ2n) is 11.1. The van der Waals surface area contributed by atoms with Gasteiger partial charge in [-0.1, -0.05) is 48.0 Å². The fourth-order valence-electron chi connectivity index (χ4n) is 4.65. The molecule has 1 heterocycles. The standard InChI is InChI=1S/C23H44N2O/c1-22(2,3)13-7-8-14-24-15-17-25(18-16-24)21(26)19-9-11-20(12-10-19)23(4,5)6/h19-20H,7-18H2,1-6H3. The molecule has 152 valence electrons. The average molecular weight is 365 g/mol. The Morgan fingerprint density at radius 1 is 0.846 bits per heavy atom. The first-order valence-electron chi connectivity index (χ1n) is 11.1. The SMILES string of the molecule is CC(C)(C)CCCCN1CCN(C(=O)C2CCC(C(C)(C)C)CC2)CC1. The highest BCUT2D eigenvalue weighted by molar-refractivity contribution is 5.79. The van der Waals surface area contributed by atoms with Crippen molar-refractivity contribution >= 4 is 5.91 Å². The third kappa shape index (κ3) is 6.87. The summed E-state index contributed by atoms with van der Waals surface area (Å²) in [6.45, 7) is 19.2. The predicted octanol–water partition coefficient (Wildman–Crippen LogP) is 5.20. The number of carbonyl (C=O) groups is 1. The fraction of sp³-hybridized carbons (Fsp3) is 0.957. The van der Waals surface area contributed by atoms with Gasteiger partial charge in [-0.3, -0.25) is 9.69 Å². The van der Waals surface area contributed by atoms with Gasteiger partial charge in [-0.2, -0.15) is 0 Å². The summed E-state index contributed by atoms with van der Waals surface area (Å²) in [5, 5.41) is 0. The lowest BCUT2D eigenvalue weighted by Gasteiger charge is -2.40. The third-order valence-corrected chi connectivity index (χ3v) is 6.64. The first-order valence-corrected chi connectivity index (χ1v) is 11.1. The maximum absolute atomic E-state index is 12.9. The number of nitrogens with zero attached hydrogens (tertiary/aromatic N) is 2. The molecule has 0 spiro atoms. The Balaban J connectivity index is 1.66. The summed E-state index contributed by atoms with van der Waals surface area (Å²) in [5.74, 6) is 1.54. The molecule has 1 amide bonds. The molecule has 0 N–H and O–H groups in total. The van der Waals surface area contributed by atoms with Crippen LogP contribution in [0.3, 0.4) is 0 Å². The molecule has 0 aromatic rings. The molecule has 2 fully saturated rings. The van der Waals surface area contributed by atoms with Crippen molar-refractivity contribution in [1.82, 2.24) is 9.80 Å². The molecule has 1 aliphatic heterocycles. The van der Waals surface area contributed by atoms with Gasteiger partial charge in [-0.25, -0.2) is 0 Å². The normalized spacial score (nSPS) is 26.2. The zero-order valence-electron chi connectivity index (χ0n) is 18.4. The van der Waals surface area contributed by atoms with Gasteiger partial charge in [0.25, 0.3) is 0 Å². The van der Waals surface area contributed by atoms with E-state index in [1.807, 2.05) is 0 Å². The Kier molecular flexibility index (Phi) is 7.59. The van der Waals surface area contributed by atoms with E-state index in [0.29, 0.717) is 22.7 Å². The third-order valence-electron chi connectivity index (χ3n) is 6.64. The molecule has 2 rings (SSSR count).